The lowest BCUT2D eigenvalue weighted by Crippen LogP contribution is -2.49. The highest BCUT2D eigenvalue weighted by molar-refractivity contribution is 7.87. The highest BCUT2D eigenvalue weighted by Crippen LogP contribution is 2.34. The summed E-state index contributed by atoms with van der Waals surface area (Å²) in [5.74, 6) is 0.569. The number of hydrogen-bond acceptors (Lipinski definition) is 3. The van der Waals surface area contributed by atoms with E-state index in [1.165, 1.54) is 4.31 Å². The predicted octanol–water partition coefficient (Wildman–Crippen LogP) is 0.960. The molecule has 0 aliphatic carbocycles. The Kier molecular flexibility index (Phi) is 5.17. The van der Waals surface area contributed by atoms with Gasteiger partial charge in [-0.1, -0.05) is 20.8 Å². The van der Waals surface area contributed by atoms with Gasteiger partial charge < -0.3 is 5.11 Å². The molecule has 1 fully saturated rings. The van der Waals surface area contributed by atoms with Gasteiger partial charge in [-0.2, -0.15) is 17.4 Å². The smallest absolute Gasteiger partial charge is 0.279 e. The lowest BCUT2D eigenvalue weighted by molar-refractivity contribution is 0.152. The van der Waals surface area contributed by atoms with Gasteiger partial charge in [0.1, 0.15) is 0 Å². The summed E-state index contributed by atoms with van der Waals surface area (Å²) in [6.45, 7) is 9.21. The Labute approximate surface area is 111 Å². The zero-order chi connectivity index (χ0) is 14.0. The fraction of sp³-hybridized carbons (Fsp3) is 1.00. The van der Waals surface area contributed by atoms with E-state index in [4.69, 9.17) is 5.11 Å². The maximum absolute atomic E-state index is 12.0. The summed E-state index contributed by atoms with van der Waals surface area (Å²) in [6.07, 6.45) is 1.80. The molecule has 1 aliphatic heterocycles. The van der Waals surface area contributed by atoms with E-state index in [1.54, 1.807) is 6.92 Å². The summed E-state index contributed by atoms with van der Waals surface area (Å²) in [4.78, 5) is 0. The Morgan fingerprint density at radius 2 is 1.83 bits per heavy atom. The van der Waals surface area contributed by atoms with Crippen LogP contribution in [0.25, 0.3) is 0 Å². The van der Waals surface area contributed by atoms with Gasteiger partial charge >= 0.3 is 0 Å². The molecule has 2 N–H and O–H groups in total. The molecule has 0 bridgehead atoms. The van der Waals surface area contributed by atoms with E-state index < -0.39 is 16.3 Å². The van der Waals surface area contributed by atoms with E-state index in [0.717, 1.165) is 12.8 Å². The van der Waals surface area contributed by atoms with Gasteiger partial charge in [-0.05, 0) is 31.1 Å². The van der Waals surface area contributed by atoms with Gasteiger partial charge in [-0.25, -0.2) is 0 Å². The van der Waals surface area contributed by atoms with Crippen molar-refractivity contribution < 1.29 is 13.5 Å². The van der Waals surface area contributed by atoms with Crippen molar-refractivity contribution in [2.75, 3.05) is 19.7 Å². The normalized spacial score (nSPS) is 22.1. The van der Waals surface area contributed by atoms with E-state index in [-0.39, 0.29) is 12.0 Å². The Morgan fingerprint density at radius 3 is 2.22 bits per heavy atom. The molecular weight excluding hydrogens is 252 g/mol. The Morgan fingerprint density at radius 1 is 1.33 bits per heavy atom. The first-order valence-corrected chi connectivity index (χ1v) is 7.99. The molecule has 5 nitrogen and oxygen atoms in total. The second-order valence-electron chi connectivity index (χ2n) is 6.25. The Bertz CT molecular complexity index is 354. The van der Waals surface area contributed by atoms with E-state index in [2.05, 4.69) is 25.5 Å². The van der Waals surface area contributed by atoms with E-state index >= 15 is 0 Å². The fourth-order valence-corrected chi connectivity index (χ4v) is 3.75. The number of rotatable bonds is 4. The number of aliphatic hydroxyl groups is 1. The molecule has 1 heterocycles. The molecule has 0 aromatic heterocycles. The zero-order valence-electron chi connectivity index (χ0n) is 11.8. The first kappa shape index (κ1) is 15.9. The maximum Gasteiger partial charge on any atom is 0.279 e. The highest BCUT2D eigenvalue weighted by atomic mass is 32.2. The van der Waals surface area contributed by atoms with E-state index in [0.29, 0.717) is 19.0 Å². The minimum absolute atomic E-state index is 0.183. The molecule has 0 spiro atoms. The fourth-order valence-electron chi connectivity index (χ4n) is 2.33. The molecule has 0 aromatic carbocycles. The van der Waals surface area contributed by atoms with Gasteiger partial charge in [0.15, 0.2) is 0 Å². The van der Waals surface area contributed by atoms with Crippen LogP contribution >= 0.6 is 0 Å². The first-order chi connectivity index (χ1) is 8.16. The summed E-state index contributed by atoms with van der Waals surface area (Å²) < 4.78 is 28.0. The number of nitrogens with zero attached hydrogens (tertiary/aromatic N) is 1. The predicted molar refractivity (Wildman–Crippen MR) is 72.4 cm³/mol. The monoisotopic (exact) mass is 278 g/mol. The van der Waals surface area contributed by atoms with Crippen molar-refractivity contribution in [2.24, 2.45) is 11.3 Å². The largest absolute Gasteiger partial charge is 0.395 e. The van der Waals surface area contributed by atoms with Gasteiger partial charge in [0.2, 0.25) is 0 Å². The van der Waals surface area contributed by atoms with Crippen LogP contribution in [0, 0.1) is 11.3 Å². The summed E-state index contributed by atoms with van der Waals surface area (Å²) >= 11 is 0. The average Bonchev–Trinajstić information content (AvgIpc) is 2.27. The van der Waals surface area contributed by atoms with Gasteiger partial charge in [-0.15, -0.1) is 0 Å². The molecule has 0 radical (unpaired) electrons. The standard InChI is InChI=1S/C12H26N2O3S/c1-10(9-15)13-18(16,17)14-7-5-11(6-8-14)12(2,3)4/h10-11,13,15H,5-9H2,1-4H3. The third-order valence-electron chi connectivity index (χ3n) is 3.64. The van der Waals surface area contributed by atoms with Crippen molar-refractivity contribution in [2.45, 2.75) is 46.6 Å². The third-order valence-corrected chi connectivity index (χ3v) is 5.39. The minimum Gasteiger partial charge on any atom is -0.395 e. The molecule has 108 valence electrons. The lowest BCUT2D eigenvalue weighted by atomic mass is 9.76. The quantitative estimate of drug-likeness (QED) is 0.805. The molecule has 0 aromatic rings. The van der Waals surface area contributed by atoms with Gasteiger partial charge in [0, 0.05) is 19.1 Å². The number of piperidine rings is 1. The SMILES string of the molecule is CC(CO)NS(=O)(=O)N1CCC(C(C)(C)C)CC1. The van der Waals surface area contributed by atoms with Crippen LogP contribution in [0.4, 0.5) is 0 Å². The van der Waals surface area contributed by atoms with Crippen LogP contribution in [-0.2, 0) is 10.2 Å². The number of nitrogens with one attached hydrogen (secondary N) is 1. The molecule has 1 unspecified atom stereocenters. The number of hydrogen-bond donors (Lipinski definition) is 2. The maximum atomic E-state index is 12.0. The minimum atomic E-state index is -3.44. The van der Waals surface area contributed by atoms with Crippen molar-refractivity contribution in [3.05, 3.63) is 0 Å². The van der Waals surface area contributed by atoms with Crippen LogP contribution in [0.15, 0.2) is 0 Å². The van der Waals surface area contributed by atoms with E-state index in [9.17, 15) is 8.42 Å². The molecule has 1 rings (SSSR count). The molecule has 1 aliphatic rings. The van der Waals surface area contributed by atoms with Crippen molar-refractivity contribution in [1.29, 1.82) is 0 Å². The molecule has 1 atom stereocenters. The van der Waals surface area contributed by atoms with Gasteiger partial charge in [0.25, 0.3) is 10.2 Å². The first-order valence-electron chi connectivity index (χ1n) is 6.55. The Balaban J connectivity index is 2.57. The zero-order valence-corrected chi connectivity index (χ0v) is 12.6. The molecule has 18 heavy (non-hydrogen) atoms. The summed E-state index contributed by atoms with van der Waals surface area (Å²) in [6, 6.07) is -0.435. The molecule has 0 saturated carbocycles. The molecule has 1 saturated heterocycles. The number of aliphatic hydroxyl groups excluding tert-OH is 1. The highest BCUT2D eigenvalue weighted by Gasteiger charge is 2.33. The molecular formula is C12H26N2O3S. The summed E-state index contributed by atoms with van der Waals surface area (Å²) in [5, 5.41) is 8.90. The van der Waals surface area contributed by atoms with Gasteiger partial charge in [0.05, 0.1) is 6.61 Å². The molecule has 6 heteroatoms. The molecule has 0 amide bonds. The van der Waals surface area contributed by atoms with E-state index in [1.807, 2.05) is 0 Å². The van der Waals surface area contributed by atoms with Crippen LogP contribution < -0.4 is 4.72 Å². The van der Waals surface area contributed by atoms with Crippen LogP contribution in [0.1, 0.15) is 40.5 Å². The van der Waals surface area contributed by atoms with Crippen LogP contribution in [0.3, 0.4) is 0 Å². The summed E-state index contributed by atoms with van der Waals surface area (Å²) in [5.41, 5.74) is 0.238. The van der Waals surface area contributed by atoms with Crippen molar-refractivity contribution in [1.82, 2.24) is 9.03 Å². The second kappa shape index (κ2) is 5.86. The van der Waals surface area contributed by atoms with Crippen LogP contribution in [0.5, 0.6) is 0 Å². The second-order valence-corrected chi connectivity index (χ2v) is 7.95. The summed E-state index contributed by atoms with van der Waals surface area (Å²) in [7, 11) is -3.44. The topological polar surface area (TPSA) is 69.6 Å². The van der Waals surface area contributed by atoms with Crippen molar-refractivity contribution in [3.63, 3.8) is 0 Å². The third kappa shape index (κ3) is 4.19. The van der Waals surface area contributed by atoms with Crippen LogP contribution in [-0.4, -0.2) is 43.6 Å². The average molecular weight is 278 g/mol. The van der Waals surface area contributed by atoms with Gasteiger partial charge in [-0.3, -0.25) is 0 Å². The lowest BCUT2D eigenvalue weighted by Gasteiger charge is -2.38. The Hall–Kier alpha value is -0.170. The van der Waals surface area contributed by atoms with Crippen molar-refractivity contribution >= 4 is 10.2 Å². The van der Waals surface area contributed by atoms with Crippen LogP contribution in [0.2, 0.25) is 0 Å². The van der Waals surface area contributed by atoms with Crippen molar-refractivity contribution in [3.8, 4) is 0 Å².